The third kappa shape index (κ3) is 5.66. The van der Waals surface area contributed by atoms with Crippen molar-refractivity contribution in [3.8, 4) is 0 Å². The molecule has 0 spiro atoms. The number of hydrogen-bond acceptors (Lipinski definition) is 3. The molecule has 1 rings (SSSR count). The van der Waals surface area contributed by atoms with Crippen LogP contribution in [0.15, 0.2) is 43.0 Å². The van der Waals surface area contributed by atoms with Crippen molar-refractivity contribution in [2.45, 2.75) is 12.7 Å². The molecule has 1 aromatic carbocycles. The first-order valence-corrected chi connectivity index (χ1v) is 5.31. The van der Waals surface area contributed by atoms with E-state index in [0.717, 1.165) is 5.56 Å². The van der Waals surface area contributed by atoms with Crippen molar-refractivity contribution in [1.82, 2.24) is 0 Å². The van der Waals surface area contributed by atoms with E-state index in [0.29, 0.717) is 13.2 Å². The van der Waals surface area contributed by atoms with Gasteiger partial charge < -0.3 is 14.6 Å². The Balaban J connectivity index is 2.08. The van der Waals surface area contributed by atoms with Crippen LogP contribution in [0.4, 0.5) is 0 Å². The van der Waals surface area contributed by atoms with Gasteiger partial charge in [-0.2, -0.15) is 0 Å². The van der Waals surface area contributed by atoms with Gasteiger partial charge in [0.25, 0.3) is 0 Å². The number of hydrogen-bond donors (Lipinski definition) is 1. The Morgan fingerprint density at radius 3 is 2.56 bits per heavy atom. The molecule has 0 aromatic heterocycles. The van der Waals surface area contributed by atoms with Gasteiger partial charge in [-0.1, -0.05) is 36.4 Å². The molecule has 0 heterocycles. The van der Waals surface area contributed by atoms with E-state index in [1.54, 1.807) is 6.08 Å². The molecule has 1 N–H and O–H groups in total. The molecular weight excluding hydrogens is 204 g/mol. The number of rotatable bonds is 8. The average Bonchev–Trinajstić information content (AvgIpc) is 2.31. The molecule has 1 atom stereocenters. The van der Waals surface area contributed by atoms with Crippen molar-refractivity contribution in [2.24, 2.45) is 0 Å². The first-order valence-electron chi connectivity index (χ1n) is 5.31. The van der Waals surface area contributed by atoms with Crippen LogP contribution in [-0.4, -0.2) is 31.0 Å². The van der Waals surface area contributed by atoms with E-state index in [9.17, 15) is 5.11 Å². The summed E-state index contributed by atoms with van der Waals surface area (Å²) in [7, 11) is 0. The molecule has 0 fully saturated rings. The lowest BCUT2D eigenvalue weighted by Gasteiger charge is -2.11. The summed E-state index contributed by atoms with van der Waals surface area (Å²) in [6.45, 7) is 5.05. The Labute approximate surface area is 96.3 Å². The van der Waals surface area contributed by atoms with Crippen LogP contribution in [0.3, 0.4) is 0 Å². The molecule has 0 amide bonds. The molecule has 0 aliphatic heterocycles. The Morgan fingerprint density at radius 2 is 1.88 bits per heavy atom. The van der Waals surface area contributed by atoms with Crippen LogP contribution in [0.5, 0.6) is 0 Å². The summed E-state index contributed by atoms with van der Waals surface area (Å²) in [6, 6.07) is 9.85. The van der Waals surface area contributed by atoms with Crippen LogP contribution in [0, 0.1) is 0 Å². The number of aliphatic hydroxyl groups is 1. The summed E-state index contributed by atoms with van der Waals surface area (Å²) in [5, 5.41) is 9.47. The summed E-state index contributed by atoms with van der Waals surface area (Å²) < 4.78 is 10.5. The van der Waals surface area contributed by atoms with Crippen molar-refractivity contribution in [3.05, 3.63) is 48.6 Å². The summed E-state index contributed by atoms with van der Waals surface area (Å²) in [4.78, 5) is 0. The highest BCUT2D eigenvalue weighted by molar-refractivity contribution is 5.13. The lowest BCUT2D eigenvalue weighted by Crippen LogP contribution is -2.21. The monoisotopic (exact) mass is 222 g/mol. The number of benzene rings is 1. The van der Waals surface area contributed by atoms with Gasteiger partial charge in [-0.3, -0.25) is 0 Å². The third-order valence-corrected chi connectivity index (χ3v) is 1.97. The fourth-order valence-electron chi connectivity index (χ4n) is 1.22. The van der Waals surface area contributed by atoms with Crippen molar-refractivity contribution >= 4 is 0 Å². The van der Waals surface area contributed by atoms with Gasteiger partial charge in [-0.15, -0.1) is 6.58 Å². The SMILES string of the molecule is C=CCOC[C@H](O)COCc1ccccc1. The van der Waals surface area contributed by atoms with Crippen LogP contribution >= 0.6 is 0 Å². The van der Waals surface area contributed by atoms with Crippen molar-refractivity contribution < 1.29 is 14.6 Å². The molecule has 3 nitrogen and oxygen atoms in total. The molecule has 0 bridgehead atoms. The predicted octanol–water partition coefficient (Wildman–Crippen LogP) is 1.77. The van der Waals surface area contributed by atoms with Gasteiger partial charge in [0.05, 0.1) is 26.4 Å². The largest absolute Gasteiger partial charge is 0.388 e. The van der Waals surface area contributed by atoms with Crippen molar-refractivity contribution in [2.75, 3.05) is 19.8 Å². The van der Waals surface area contributed by atoms with Gasteiger partial charge in [0.2, 0.25) is 0 Å². The second kappa shape index (κ2) is 8.05. The highest BCUT2D eigenvalue weighted by atomic mass is 16.5. The van der Waals surface area contributed by atoms with Gasteiger partial charge in [-0.25, -0.2) is 0 Å². The lowest BCUT2D eigenvalue weighted by molar-refractivity contribution is -0.0179. The molecule has 0 saturated heterocycles. The summed E-state index contributed by atoms with van der Waals surface area (Å²) in [6.07, 6.45) is 1.07. The first-order chi connectivity index (χ1) is 7.83. The molecule has 3 heteroatoms. The quantitative estimate of drug-likeness (QED) is 0.538. The highest BCUT2D eigenvalue weighted by Gasteiger charge is 2.03. The minimum atomic E-state index is -0.580. The first kappa shape index (κ1) is 12.9. The van der Waals surface area contributed by atoms with Gasteiger partial charge >= 0.3 is 0 Å². The Kier molecular flexibility index (Phi) is 6.49. The molecule has 0 unspecified atom stereocenters. The van der Waals surface area contributed by atoms with Gasteiger partial charge in [0, 0.05) is 0 Å². The topological polar surface area (TPSA) is 38.7 Å². The Morgan fingerprint density at radius 1 is 1.19 bits per heavy atom. The molecular formula is C13H18O3. The predicted molar refractivity (Wildman–Crippen MR) is 63.1 cm³/mol. The van der Waals surface area contributed by atoms with Crippen LogP contribution < -0.4 is 0 Å². The molecule has 0 saturated carbocycles. The zero-order valence-electron chi connectivity index (χ0n) is 9.34. The molecule has 1 aromatic rings. The second-order valence-corrected chi connectivity index (χ2v) is 3.48. The van der Waals surface area contributed by atoms with Crippen molar-refractivity contribution in [1.29, 1.82) is 0 Å². The number of aliphatic hydroxyl groups excluding tert-OH is 1. The summed E-state index contributed by atoms with van der Waals surface area (Å²) >= 11 is 0. The van der Waals surface area contributed by atoms with E-state index in [-0.39, 0.29) is 13.2 Å². The molecule has 0 aliphatic carbocycles. The highest BCUT2D eigenvalue weighted by Crippen LogP contribution is 2.01. The Bertz CT molecular complexity index is 284. The van der Waals surface area contributed by atoms with E-state index in [2.05, 4.69) is 6.58 Å². The maximum atomic E-state index is 9.47. The van der Waals surface area contributed by atoms with Gasteiger partial charge in [-0.05, 0) is 5.56 Å². The zero-order valence-corrected chi connectivity index (χ0v) is 9.34. The van der Waals surface area contributed by atoms with E-state index in [1.807, 2.05) is 30.3 Å². The Hall–Kier alpha value is -1.16. The van der Waals surface area contributed by atoms with Crippen molar-refractivity contribution in [3.63, 3.8) is 0 Å². The minimum Gasteiger partial charge on any atom is -0.388 e. The van der Waals surface area contributed by atoms with Crippen LogP contribution in [0.2, 0.25) is 0 Å². The normalized spacial score (nSPS) is 12.3. The smallest absolute Gasteiger partial charge is 0.101 e. The fourth-order valence-corrected chi connectivity index (χ4v) is 1.22. The van der Waals surface area contributed by atoms with Crippen LogP contribution in [0.25, 0.3) is 0 Å². The lowest BCUT2D eigenvalue weighted by atomic mass is 10.2. The maximum Gasteiger partial charge on any atom is 0.101 e. The molecule has 16 heavy (non-hydrogen) atoms. The number of ether oxygens (including phenoxy) is 2. The molecule has 88 valence electrons. The van der Waals surface area contributed by atoms with Gasteiger partial charge in [0.1, 0.15) is 6.10 Å². The summed E-state index contributed by atoms with van der Waals surface area (Å²) in [5.41, 5.74) is 1.10. The van der Waals surface area contributed by atoms with Gasteiger partial charge in [0.15, 0.2) is 0 Å². The molecule has 0 radical (unpaired) electrons. The second-order valence-electron chi connectivity index (χ2n) is 3.48. The fraction of sp³-hybridized carbons (Fsp3) is 0.385. The standard InChI is InChI=1S/C13H18O3/c1-2-8-15-10-13(14)11-16-9-12-6-4-3-5-7-12/h2-7,13-14H,1,8-11H2/t13-/m0/s1. The maximum absolute atomic E-state index is 9.47. The van der Waals surface area contributed by atoms with Crippen LogP contribution in [0.1, 0.15) is 5.56 Å². The molecule has 0 aliphatic rings. The third-order valence-electron chi connectivity index (χ3n) is 1.97. The minimum absolute atomic E-state index is 0.279. The van der Waals surface area contributed by atoms with E-state index in [1.165, 1.54) is 0 Å². The summed E-state index contributed by atoms with van der Waals surface area (Å²) in [5.74, 6) is 0. The van der Waals surface area contributed by atoms with E-state index < -0.39 is 6.10 Å². The average molecular weight is 222 g/mol. The van der Waals surface area contributed by atoms with E-state index in [4.69, 9.17) is 9.47 Å². The van der Waals surface area contributed by atoms with E-state index >= 15 is 0 Å². The zero-order chi connectivity index (χ0) is 11.6. The van der Waals surface area contributed by atoms with Crippen LogP contribution in [-0.2, 0) is 16.1 Å².